The summed E-state index contributed by atoms with van der Waals surface area (Å²) in [7, 11) is -3.38. The van der Waals surface area contributed by atoms with Crippen molar-refractivity contribution in [1.82, 2.24) is 14.9 Å². The number of sulfonamides is 1. The highest BCUT2D eigenvalue weighted by atomic mass is 32.2. The number of hydrogen-bond donors (Lipinski definition) is 2. The zero-order valence-electron chi connectivity index (χ0n) is 14.8. The molecule has 1 aromatic carbocycles. The molecule has 7 heteroatoms. The fraction of sp³-hybridized carbons (Fsp3) is 0.500. The molecule has 0 aromatic heterocycles. The number of nitrogens with one attached hydrogen (secondary N) is 2. The molecule has 1 fully saturated rings. The molecule has 0 spiro atoms. The molecule has 138 valence electrons. The van der Waals surface area contributed by atoms with Gasteiger partial charge in [-0.15, -0.1) is 6.58 Å². The van der Waals surface area contributed by atoms with Crippen molar-refractivity contribution >= 4 is 16.0 Å². The van der Waals surface area contributed by atoms with E-state index in [2.05, 4.69) is 22.2 Å². The summed E-state index contributed by atoms with van der Waals surface area (Å²) in [6.45, 7) is 8.99. The maximum absolute atomic E-state index is 12.6. The number of nitrogens with zero attached hydrogens (tertiary/aromatic N) is 2. The minimum absolute atomic E-state index is 0.370. The molecule has 6 nitrogen and oxygen atoms in total. The van der Waals surface area contributed by atoms with Crippen LogP contribution in [-0.2, 0) is 10.0 Å². The third-order valence-electron chi connectivity index (χ3n) is 4.22. The minimum Gasteiger partial charge on any atom is -0.357 e. The largest absolute Gasteiger partial charge is 0.357 e. The molecule has 1 aliphatic heterocycles. The SMILES string of the molecule is C=CCNC(=NCC1CCN(S(=O)(=O)c2ccccc2)CC1)NCC. The average molecular weight is 365 g/mol. The summed E-state index contributed by atoms with van der Waals surface area (Å²) in [5, 5.41) is 6.38. The van der Waals surface area contributed by atoms with E-state index in [0.29, 0.717) is 37.0 Å². The second-order valence-electron chi connectivity index (χ2n) is 6.05. The van der Waals surface area contributed by atoms with Crippen molar-refractivity contribution in [3.8, 4) is 0 Å². The predicted molar refractivity (Wildman–Crippen MR) is 102 cm³/mol. The van der Waals surface area contributed by atoms with Gasteiger partial charge in [0, 0.05) is 32.7 Å². The van der Waals surface area contributed by atoms with Gasteiger partial charge in [0.25, 0.3) is 0 Å². The zero-order chi connectivity index (χ0) is 18.1. The van der Waals surface area contributed by atoms with Crippen LogP contribution in [0.2, 0.25) is 0 Å². The second-order valence-corrected chi connectivity index (χ2v) is 7.99. The van der Waals surface area contributed by atoms with Gasteiger partial charge in [0.05, 0.1) is 4.90 Å². The molecular weight excluding hydrogens is 336 g/mol. The Balaban J connectivity index is 1.90. The fourth-order valence-corrected chi connectivity index (χ4v) is 4.30. The van der Waals surface area contributed by atoms with Crippen LogP contribution in [0.4, 0.5) is 0 Å². The first-order valence-corrected chi connectivity index (χ1v) is 10.2. The molecule has 1 heterocycles. The van der Waals surface area contributed by atoms with Gasteiger partial charge < -0.3 is 10.6 Å². The Morgan fingerprint density at radius 1 is 1.28 bits per heavy atom. The third-order valence-corrected chi connectivity index (χ3v) is 6.13. The topological polar surface area (TPSA) is 73.8 Å². The number of aliphatic imine (C=N–C) groups is 1. The maximum atomic E-state index is 12.6. The first-order valence-electron chi connectivity index (χ1n) is 8.76. The molecule has 0 aliphatic carbocycles. The molecular formula is C18H28N4O2S. The molecule has 25 heavy (non-hydrogen) atoms. The van der Waals surface area contributed by atoms with E-state index in [0.717, 1.165) is 25.3 Å². The Morgan fingerprint density at radius 3 is 2.56 bits per heavy atom. The fourth-order valence-electron chi connectivity index (χ4n) is 2.80. The molecule has 0 radical (unpaired) electrons. The highest BCUT2D eigenvalue weighted by Gasteiger charge is 2.29. The van der Waals surface area contributed by atoms with Crippen LogP contribution in [0.15, 0.2) is 52.9 Å². The Labute approximate surface area is 151 Å². The first kappa shape index (κ1) is 19.5. The molecule has 1 saturated heterocycles. The van der Waals surface area contributed by atoms with Crippen molar-refractivity contribution in [2.24, 2.45) is 10.9 Å². The third kappa shape index (κ3) is 5.57. The molecule has 0 unspecified atom stereocenters. The van der Waals surface area contributed by atoms with Crippen molar-refractivity contribution < 1.29 is 8.42 Å². The Hall–Kier alpha value is -1.86. The van der Waals surface area contributed by atoms with E-state index < -0.39 is 10.0 Å². The number of guanidine groups is 1. The lowest BCUT2D eigenvalue weighted by atomic mass is 9.98. The summed E-state index contributed by atoms with van der Waals surface area (Å²) >= 11 is 0. The lowest BCUT2D eigenvalue weighted by Gasteiger charge is -2.30. The lowest BCUT2D eigenvalue weighted by molar-refractivity contribution is 0.278. The number of piperidine rings is 1. The van der Waals surface area contributed by atoms with Gasteiger partial charge in [-0.3, -0.25) is 4.99 Å². The van der Waals surface area contributed by atoms with E-state index in [9.17, 15) is 8.42 Å². The first-order chi connectivity index (χ1) is 12.1. The van der Waals surface area contributed by atoms with Crippen LogP contribution in [-0.4, -0.2) is 51.4 Å². The molecule has 2 N–H and O–H groups in total. The smallest absolute Gasteiger partial charge is 0.243 e. The van der Waals surface area contributed by atoms with Gasteiger partial charge in [-0.2, -0.15) is 4.31 Å². The van der Waals surface area contributed by atoms with E-state index in [1.54, 1.807) is 34.6 Å². The molecule has 0 bridgehead atoms. The minimum atomic E-state index is -3.38. The Morgan fingerprint density at radius 2 is 1.96 bits per heavy atom. The van der Waals surface area contributed by atoms with Gasteiger partial charge in [0.15, 0.2) is 5.96 Å². The highest BCUT2D eigenvalue weighted by molar-refractivity contribution is 7.89. The predicted octanol–water partition coefficient (Wildman–Crippen LogP) is 1.83. The van der Waals surface area contributed by atoms with Crippen LogP contribution in [0.1, 0.15) is 19.8 Å². The summed E-state index contributed by atoms with van der Waals surface area (Å²) in [5.74, 6) is 1.18. The number of hydrogen-bond acceptors (Lipinski definition) is 3. The van der Waals surface area contributed by atoms with E-state index in [4.69, 9.17) is 0 Å². The second kappa shape index (κ2) is 9.58. The van der Waals surface area contributed by atoms with Gasteiger partial charge in [0.1, 0.15) is 0 Å². The van der Waals surface area contributed by atoms with E-state index in [1.165, 1.54) is 0 Å². The summed E-state index contributed by atoms with van der Waals surface area (Å²) < 4.78 is 26.9. The summed E-state index contributed by atoms with van der Waals surface area (Å²) in [6, 6.07) is 8.64. The normalized spacial score (nSPS) is 17.2. The molecule has 0 amide bonds. The van der Waals surface area contributed by atoms with Crippen LogP contribution in [0, 0.1) is 5.92 Å². The van der Waals surface area contributed by atoms with Crippen molar-refractivity contribution in [3.05, 3.63) is 43.0 Å². The molecule has 1 aromatic rings. The van der Waals surface area contributed by atoms with Crippen LogP contribution < -0.4 is 10.6 Å². The van der Waals surface area contributed by atoms with Crippen molar-refractivity contribution in [1.29, 1.82) is 0 Å². The van der Waals surface area contributed by atoms with Gasteiger partial charge in [0.2, 0.25) is 10.0 Å². The summed E-state index contributed by atoms with van der Waals surface area (Å²) in [6.07, 6.45) is 3.45. The standard InChI is InChI=1S/C18H28N4O2S/c1-3-12-20-18(19-4-2)21-15-16-10-13-22(14-11-16)25(23,24)17-8-6-5-7-9-17/h3,5-9,16H,1,4,10-15H2,2H3,(H2,19,20,21). The summed E-state index contributed by atoms with van der Waals surface area (Å²) in [5.41, 5.74) is 0. The Bertz CT molecular complexity index is 666. The quantitative estimate of drug-likeness (QED) is 0.440. The van der Waals surface area contributed by atoms with Crippen molar-refractivity contribution in [2.75, 3.05) is 32.7 Å². The van der Waals surface area contributed by atoms with Gasteiger partial charge in [-0.05, 0) is 37.8 Å². The van der Waals surface area contributed by atoms with E-state index in [-0.39, 0.29) is 0 Å². The van der Waals surface area contributed by atoms with Crippen molar-refractivity contribution in [3.63, 3.8) is 0 Å². The highest BCUT2D eigenvalue weighted by Crippen LogP contribution is 2.23. The zero-order valence-corrected chi connectivity index (χ0v) is 15.6. The van der Waals surface area contributed by atoms with E-state index in [1.807, 2.05) is 13.0 Å². The monoisotopic (exact) mass is 364 g/mol. The van der Waals surface area contributed by atoms with Gasteiger partial charge in [-0.25, -0.2) is 8.42 Å². The molecule has 1 aliphatic rings. The Kier molecular flexibility index (Phi) is 7.46. The van der Waals surface area contributed by atoms with Gasteiger partial charge >= 0.3 is 0 Å². The van der Waals surface area contributed by atoms with Crippen LogP contribution in [0.25, 0.3) is 0 Å². The number of rotatable bonds is 7. The molecule has 0 atom stereocenters. The number of benzene rings is 1. The van der Waals surface area contributed by atoms with Crippen LogP contribution in [0.3, 0.4) is 0 Å². The van der Waals surface area contributed by atoms with Gasteiger partial charge in [-0.1, -0.05) is 24.3 Å². The van der Waals surface area contributed by atoms with Crippen LogP contribution in [0.5, 0.6) is 0 Å². The van der Waals surface area contributed by atoms with E-state index >= 15 is 0 Å². The maximum Gasteiger partial charge on any atom is 0.243 e. The van der Waals surface area contributed by atoms with Crippen LogP contribution >= 0.6 is 0 Å². The molecule has 0 saturated carbocycles. The lowest BCUT2D eigenvalue weighted by Crippen LogP contribution is -2.40. The average Bonchev–Trinajstić information content (AvgIpc) is 2.65. The summed E-state index contributed by atoms with van der Waals surface area (Å²) in [4.78, 5) is 4.97. The van der Waals surface area contributed by atoms with Crippen molar-refractivity contribution in [2.45, 2.75) is 24.7 Å². The molecule has 2 rings (SSSR count).